The molecule has 0 saturated heterocycles. The van der Waals surface area contributed by atoms with Crippen LogP contribution >= 0.6 is 0 Å². The molecule has 0 nitrogen and oxygen atoms in total. The van der Waals surface area contributed by atoms with Crippen molar-refractivity contribution in [3.05, 3.63) is 129 Å². The van der Waals surface area contributed by atoms with Crippen molar-refractivity contribution >= 4 is 15.4 Å². The first-order valence-corrected chi connectivity index (χ1v) is 33.2. The first kappa shape index (κ1) is 38.8. The second kappa shape index (κ2) is 13.7. The fourth-order valence-electron chi connectivity index (χ4n) is 9.90. The minimum absolute atomic E-state index is 0.136. The number of aryl methyl sites for hydroxylation is 2. The third-order valence-corrected chi connectivity index (χ3v) is 39.8. The third kappa shape index (κ3) is 6.83. The summed E-state index contributed by atoms with van der Waals surface area (Å²) in [6.07, 6.45) is 12.8. The molecule has 0 aromatic heterocycles. The van der Waals surface area contributed by atoms with Crippen molar-refractivity contribution in [3.63, 3.8) is 0 Å². The Kier molecular flexibility index (Phi) is 10.3. The molecule has 0 heterocycles. The number of rotatable bonds is 8. The first-order valence-electron chi connectivity index (χ1n) is 20.1. The Morgan fingerprint density at radius 3 is 1.27 bits per heavy atom. The van der Waals surface area contributed by atoms with E-state index in [0.29, 0.717) is 19.2 Å². The summed E-state index contributed by atoms with van der Waals surface area (Å²) in [5, 5.41) is 0. The van der Waals surface area contributed by atoms with Crippen molar-refractivity contribution in [2.75, 3.05) is 0 Å². The summed E-state index contributed by atoms with van der Waals surface area (Å²) in [6, 6.07) is 28.8. The zero-order valence-electron chi connectivity index (χ0n) is 35.0. The van der Waals surface area contributed by atoms with E-state index in [2.05, 4.69) is 190 Å². The van der Waals surface area contributed by atoms with Crippen LogP contribution in [0.15, 0.2) is 84.9 Å². The van der Waals surface area contributed by atoms with E-state index in [9.17, 15) is 0 Å². The predicted octanol–water partition coefficient (Wildman–Crippen LogP) is 15.1. The van der Waals surface area contributed by atoms with E-state index in [-0.39, 0.29) is 10.8 Å². The van der Waals surface area contributed by atoms with Crippen molar-refractivity contribution in [1.29, 1.82) is 0 Å². The predicted molar refractivity (Wildman–Crippen MR) is 230 cm³/mol. The van der Waals surface area contributed by atoms with Gasteiger partial charge in [-0.05, 0) is 0 Å². The molecule has 4 aromatic rings. The number of hydrogen-bond donors (Lipinski definition) is 0. The molecule has 52 heavy (non-hydrogen) atoms. The molecule has 2 aliphatic carbocycles. The van der Waals surface area contributed by atoms with Crippen LogP contribution in [0.5, 0.6) is 0 Å². The van der Waals surface area contributed by atoms with Gasteiger partial charge in [-0.3, -0.25) is 0 Å². The van der Waals surface area contributed by atoms with E-state index in [4.69, 9.17) is 0 Å². The summed E-state index contributed by atoms with van der Waals surface area (Å²) >= 11 is -4.24. The molecule has 0 aliphatic heterocycles. The molecule has 2 aliphatic rings. The second-order valence-corrected chi connectivity index (χ2v) is 46.0. The van der Waals surface area contributed by atoms with Crippen LogP contribution in [0.1, 0.15) is 134 Å². The zero-order valence-corrected chi connectivity index (χ0v) is 38.6. The quantitative estimate of drug-likeness (QED) is 0.155. The molecule has 0 spiro atoms. The Bertz CT molecular complexity index is 1990. The van der Waals surface area contributed by atoms with E-state index in [1.807, 2.05) is 3.26 Å². The fraction of sp³-hybridized carbons (Fsp3) is 0.431. The van der Waals surface area contributed by atoms with Gasteiger partial charge in [0.15, 0.2) is 0 Å². The van der Waals surface area contributed by atoms with Gasteiger partial charge >= 0.3 is 320 Å². The molecule has 1 heteroatoms. The van der Waals surface area contributed by atoms with Gasteiger partial charge in [-0.2, -0.15) is 0 Å². The van der Waals surface area contributed by atoms with Crippen molar-refractivity contribution < 1.29 is 18.0 Å². The molecule has 2 atom stereocenters. The summed E-state index contributed by atoms with van der Waals surface area (Å²) in [5.74, 6) is 1.26. The van der Waals surface area contributed by atoms with Crippen LogP contribution < -0.4 is 0 Å². The van der Waals surface area contributed by atoms with Crippen LogP contribution in [0, 0.1) is 25.7 Å². The average Bonchev–Trinajstić information content (AvgIpc) is 3.70. The minimum atomic E-state index is -4.24. The molecule has 0 saturated carbocycles. The van der Waals surface area contributed by atoms with Gasteiger partial charge in [-0.25, -0.2) is 0 Å². The van der Waals surface area contributed by atoms with Crippen LogP contribution in [0.4, 0.5) is 0 Å². The van der Waals surface area contributed by atoms with Crippen LogP contribution in [-0.4, -0.2) is 3.26 Å². The van der Waals surface area contributed by atoms with Crippen LogP contribution in [0.3, 0.4) is 0 Å². The van der Waals surface area contributed by atoms with Gasteiger partial charge in [0.05, 0.1) is 0 Å². The van der Waals surface area contributed by atoms with Crippen molar-refractivity contribution in [2.24, 2.45) is 11.8 Å². The zero-order chi connectivity index (χ0) is 38.0. The van der Waals surface area contributed by atoms with Gasteiger partial charge in [-0.15, -0.1) is 0 Å². The van der Waals surface area contributed by atoms with Crippen LogP contribution in [0.2, 0.25) is 9.36 Å². The molecule has 0 N–H and O–H groups in total. The normalized spacial score (nSPS) is 17.3. The van der Waals surface area contributed by atoms with Gasteiger partial charge in [-0.1, -0.05) is 0 Å². The third-order valence-electron chi connectivity index (χ3n) is 13.0. The molecule has 0 fully saturated rings. The van der Waals surface area contributed by atoms with Gasteiger partial charge < -0.3 is 0 Å². The number of benzene rings is 4. The average molecular weight is 858 g/mol. The SMILES string of the molecule is Cc1cc(C(C)(C)C)ccc1-c1cccc2c1C=C[CH]2[Hf]([CH3])([CH3])(=[C](CC(C)C)CC(C)C)[CH]1C=Cc2c(-c3ccc(C(C)(C)C)cc3C)cccc21. The maximum atomic E-state index is 2.86. The van der Waals surface area contributed by atoms with Gasteiger partial charge in [0.25, 0.3) is 0 Å². The maximum absolute atomic E-state index is 4.24. The molecule has 0 amide bonds. The topological polar surface area (TPSA) is 0 Å². The molecular weight excluding hydrogens is 791 g/mol. The first-order chi connectivity index (χ1) is 24.2. The number of allylic oxidation sites excluding steroid dienone is 2. The van der Waals surface area contributed by atoms with Gasteiger partial charge in [0.2, 0.25) is 0 Å². The molecule has 0 radical (unpaired) electrons. The van der Waals surface area contributed by atoms with E-state index < -0.39 is 18.0 Å². The van der Waals surface area contributed by atoms with E-state index in [0.717, 1.165) is 0 Å². The molecule has 274 valence electrons. The number of hydrogen-bond acceptors (Lipinski definition) is 0. The molecule has 4 aromatic carbocycles. The Hall–Kier alpha value is -2.90. The van der Waals surface area contributed by atoms with Gasteiger partial charge in [0.1, 0.15) is 0 Å². The Morgan fingerprint density at radius 1 is 0.558 bits per heavy atom. The fourth-order valence-corrected chi connectivity index (χ4v) is 35.6. The standard InChI is InChI=1S/2C20H21.C9H18.2CH3.Hf/c2*1-14-13-16(20(2,3)4)11-12-17(14)19-10-6-8-15-7-5-9-18(15)19;1-8(2)6-5-7-9(3)4;;;/h2*5-13H,1-4H3;8-9H,6-7H2,1-4H3;2*1H3;. The van der Waals surface area contributed by atoms with Crippen LogP contribution in [-0.2, 0) is 28.8 Å². The van der Waals surface area contributed by atoms with E-state index >= 15 is 0 Å². The van der Waals surface area contributed by atoms with E-state index in [1.165, 1.54) is 68.5 Å². The summed E-state index contributed by atoms with van der Waals surface area (Å²) in [7, 11) is 0. The molecule has 2 unspecified atom stereocenters. The van der Waals surface area contributed by atoms with Crippen LogP contribution in [0.25, 0.3) is 34.4 Å². The molecule has 0 bridgehead atoms. The summed E-state index contributed by atoms with van der Waals surface area (Å²) in [5.41, 5.74) is 17.4. The Labute approximate surface area is 318 Å². The summed E-state index contributed by atoms with van der Waals surface area (Å²) < 4.78 is 8.53. The Morgan fingerprint density at radius 2 is 0.942 bits per heavy atom. The summed E-state index contributed by atoms with van der Waals surface area (Å²) in [6.45, 7) is 28.3. The Balaban J connectivity index is 1.57. The monoisotopic (exact) mass is 858 g/mol. The van der Waals surface area contributed by atoms with Gasteiger partial charge in [0, 0.05) is 0 Å². The number of fused-ring (bicyclic) bond motifs is 2. The van der Waals surface area contributed by atoms with Crippen molar-refractivity contribution in [1.82, 2.24) is 0 Å². The van der Waals surface area contributed by atoms with Crippen molar-refractivity contribution in [3.8, 4) is 22.3 Å². The van der Waals surface area contributed by atoms with Crippen molar-refractivity contribution in [2.45, 2.75) is 123 Å². The second-order valence-electron chi connectivity index (χ2n) is 20.3. The summed E-state index contributed by atoms with van der Waals surface area (Å²) in [4.78, 5) is 0. The molecule has 6 rings (SSSR count). The van der Waals surface area contributed by atoms with E-state index in [1.54, 1.807) is 11.1 Å². The molecular formula is C51H66Hf.